The van der Waals surface area contributed by atoms with Gasteiger partial charge in [0.05, 0.1) is 0 Å². The molecule has 1 nitrogen and oxygen atoms in total. The van der Waals surface area contributed by atoms with E-state index in [4.69, 9.17) is 23.2 Å². The topological polar surface area (TPSA) is 3.24 Å². The van der Waals surface area contributed by atoms with Crippen LogP contribution >= 0.6 is 23.2 Å². The zero-order valence-corrected chi connectivity index (χ0v) is 8.53. The zero-order chi connectivity index (χ0) is 8.55. The minimum atomic E-state index is 0.795. The summed E-state index contributed by atoms with van der Waals surface area (Å²) in [6, 6.07) is 0.795. The zero-order valence-electron chi connectivity index (χ0n) is 7.02. The van der Waals surface area contributed by atoms with Gasteiger partial charge in [-0.25, -0.2) is 0 Å². The van der Waals surface area contributed by atoms with Gasteiger partial charge in [0.2, 0.25) is 0 Å². The first kappa shape index (κ1) is 8.86. The van der Waals surface area contributed by atoms with Gasteiger partial charge in [-0.2, -0.15) is 0 Å². The molecule has 1 heterocycles. The Hall–Kier alpha value is 0.280. The van der Waals surface area contributed by atoms with E-state index < -0.39 is 0 Å². The van der Waals surface area contributed by atoms with Gasteiger partial charge in [0.15, 0.2) is 0 Å². The van der Waals surface area contributed by atoms with Gasteiger partial charge in [-0.3, -0.25) is 4.90 Å². The highest BCUT2D eigenvalue weighted by Crippen LogP contribution is 2.31. The molecule has 0 aromatic heterocycles. The lowest BCUT2D eigenvalue weighted by Crippen LogP contribution is -2.43. The third kappa shape index (κ3) is 1.63. The Morgan fingerprint density at radius 3 is 2.42 bits per heavy atom. The van der Waals surface area contributed by atoms with Crippen LogP contribution in [-0.2, 0) is 0 Å². The van der Waals surface area contributed by atoms with Crippen molar-refractivity contribution >= 4 is 23.2 Å². The summed E-state index contributed by atoms with van der Waals surface area (Å²) in [6.07, 6.45) is 5.02. The first-order valence-corrected chi connectivity index (χ1v) is 5.30. The van der Waals surface area contributed by atoms with E-state index in [2.05, 4.69) is 4.90 Å². The molecule has 0 aromatic rings. The molecule has 3 heteroatoms. The van der Waals surface area contributed by atoms with E-state index in [1.54, 1.807) is 0 Å². The molecule has 0 N–H and O–H groups in total. The van der Waals surface area contributed by atoms with Crippen LogP contribution in [0.5, 0.6) is 0 Å². The number of nitrogens with zero attached hydrogens (tertiary/aromatic N) is 1. The first-order valence-electron chi connectivity index (χ1n) is 4.54. The van der Waals surface area contributed by atoms with Gasteiger partial charge in [-0.15, -0.1) is 0 Å². The Morgan fingerprint density at radius 2 is 1.92 bits per heavy atom. The van der Waals surface area contributed by atoms with Gasteiger partial charge in [-0.05, 0) is 19.3 Å². The molecule has 0 atom stereocenters. The molecule has 1 aliphatic heterocycles. The third-order valence-corrected chi connectivity index (χ3v) is 3.71. The lowest BCUT2D eigenvalue weighted by atomic mass is 9.91. The molecule has 0 radical (unpaired) electrons. The molecular weight excluding hydrogens is 193 g/mol. The summed E-state index contributed by atoms with van der Waals surface area (Å²) in [5.41, 5.74) is 0. The first-order chi connectivity index (χ1) is 5.77. The monoisotopic (exact) mass is 205 g/mol. The van der Waals surface area contributed by atoms with Crippen LogP contribution in [0.4, 0.5) is 0 Å². The molecule has 0 unspecified atom stereocenters. The Kier molecular flexibility index (Phi) is 2.63. The van der Waals surface area contributed by atoms with Crippen molar-refractivity contribution in [2.45, 2.75) is 31.7 Å². The lowest BCUT2D eigenvalue weighted by Gasteiger charge is -2.39. The summed E-state index contributed by atoms with van der Waals surface area (Å²) in [6.45, 7) is 1.98. The van der Waals surface area contributed by atoms with Crippen molar-refractivity contribution < 1.29 is 0 Å². The quantitative estimate of drug-likeness (QED) is 0.637. The fourth-order valence-electron chi connectivity index (χ4n) is 1.78. The predicted octanol–water partition coefficient (Wildman–Crippen LogP) is 2.93. The summed E-state index contributed by atoms with van der Waals surface area (Å²) < 4.78 is 0. The SMILES string of the molecule is ClC1=C(Cl)CN(C2CCC2)CC1. The minimum absolute atomic E-state index is 0.795. The van der Waals surface area contributed by atoms with Gasteiger partial charge in [0.25, 0.3) is 0 Å². The van der Waals surface area contributed by atoms with E-state index in [-0.39, 0.29) is 0 Å². The van der Waals surface area contributed by atoms with Gasteiger partial charge in [0.1, 0.15) is 0 Å². The highest BCUT2D eigenvalue weighted by Gasteiger charge is 2.27. The highest BCUT2D eigenvalue weighted by atomic mass is 35.5. The molecule has 2 aliphatic rings. The standard InChI is InChI=1S/C9H13Cl2N/c10-8-4-5-12(6-9(8)11)7-2-1-3-7/h7H,1-6H2. The van der Waals surface area contributed by atoms with Crippen LogP contribution in [0, 0.1) is 0 Å². The maximum atomic E-state index is 5.99. The van der Waals surface area contributed by atoms with Crippen LogP contribution in [-0.4, -0.2) is 24.0 Å². The number of halogens is 2. The summed E-state index contributed by atoms with van der Waals surface area (Å²) in [5, 5.41) is 1.72. The van der Waals surface area contributed by atoms with Crippen LogP contribution in [0.25, 0.3) is 0 Å². The van der Waals surface area contributed by atoms with Crippen molar-refractivity contribution in [2.75, 3.05) is 13.1 Å². The van der Waals surface area contributed by atoms with E-state index >= 15 is 0 Å². The molecule has 0 aromatic carbocycles. The lowest BCUT2D eigenvalue weighted by molar-refractivity contribution is 0.137. The molecule has 1 saturated carbocycles. The Balaban J connectivity index is 1.95. The van der Waals surface area contributed by atoms with E-state index in [1.165, 1.54) is 19.3 Å². The molecule has 12 heavy (non-hydrogen) atoms. The van der Waals surface area contributed by atoms with Gasteiger partial charge in [0, 0.05) is 29.2 Å². The van der Waals surface area contributed by atoms with Crippen LogP contribution in [0.2, 0.25) is 0 Å². The molecule has 1 aliphatic carbocycles. The second-order valence-corrected chi connectivity index (χ2v) is 4.53. The summed E-state index contributed by atoms with van der Waals surface area (Å²) >= 11 is 11.9. The summed E-state index contributed by atoms with van der Waals surface area (Å²) in [5.74, 6) is 0. The third-order valence-electron chi connectivity index (χ3n) is 2.85. The van der Waals surface area contributed by atoms with Gasteiger partial charge in [-0.1, -0.05) is 29.6 Å². The maximum absolute atomic E-state index is 5.99. The predicted molar refractivity (Wildman–Crippen MR) is 52.6 cm³/mol. The number of hydrogen-bond donors (Lipinski definition) is 0. The molecule has 0 amide bonds. The Morgan fingerprint density at radius 1 is 1.17 bits per heavy atom. The fraction of sp³-hybridized carbons (Fsp3) is 0.778. The van der Waals surface area contributed by atoms with Crippen LogP contribution in [0.15, 0.2) is 10.1 Å². The van der Waals surface area contributed by atoms with Crippen molar-refractivity contribution in [1.29, 1.82) is 0 Å². The largest absolute Gasteiger partial charge is 0.295 e. The number of hydrogen-bond acceptors (Lipinski definition) is 1. The molecule has 2 rings (SSSR count). The summed E-state index contributed by atoms with van der Waals surface area (Å²) in [7, 11) is 0. The average Bonchev–Trinajstić information content (AvgIpc) is 1.93. The maximum Gasteiger partial charge on any atom is 0.0466 e. The fourth-order valence-corrected chi connectivity index (χ4v) is 2.18. The normalized spacial score (nSPS) is 27.5. The average molecular weight is 206 g/mol. The van der Waals surface area contributed by atoms with Crippen molar-refractivity contribution in [3.05, 3.63) is 10.1 Å². The molecule has 0 saturated heterocycles. The van der Waals surface area contributed by atoms with Gasteiger partial charge >= 0.3 is 0 Å². The second-order valence-electron chi connectivity index (χ2n) is 3.61. The summed E-state index contributed by atoms with van der Waals surface area (Å²) in [4.78, 5) is 2.46. The van der Waals surface area contributed by atoms with E-state index in [0.29, 0.717) is 0 Å². The van der Waals surface area contributed by atoms with Gasteiger partial charge < -0.3 is 0 Å². The molecule has 68 valence electrons. The minimum Gasteiger partial charge on any atom is -0.295 e. The van der Waals surface area contributed by atoms with Crippen molar-refractivity contribution in [3.63, 3.8) is 0 Å². The van der Waals surface area contributed by atoms with E-state index in [9.17, 15) is 0 Å². The van der Waals surface area contributed by atoms with Crippen LogP contribution in [0.1, 0.15) is 25.7 Å². The van der Waals surface area contributed by atoms with Crippen LogP contribution < -0.4 is 0 Å². The van der Waals surface area contributed by atoms with Crippen molar-refractivity contribution in [2.24, 2.45) is 0 Å². The van der Waals surface area contributed by atoms with Crippen molar-refractivity contribution in [1.82, 2.24) is 4.90 Å². The van der Waals surface area contributed by atoms with Crippen LogP contribution in [0.3, 0.4) is 0 Å². The Bertz CT molecular complexity index is 209. The molecular formula is C9H13Cl2N. The highest BCUT2D eigenvalue weighted by molar-refractivity contribution is 6.39. The Labute approximate surface area is 83.3 Å². The smallest absolute Gasteiger partial charge is 0.0466 e. The van der Waals surface area contributed by atoms with E-state index in [1.807, 2.05) is 0 Å². The molecule has 1 fully saturated rings. The molecule has 0 spiro atoms. The molecule has 0 bridgehead atoms. The van der Waals surface area contributed by atoms with E-state index in [0.717, 1.165) is 35.6 Å². The number of rotatable bonds is 1. The van der Waals surface area contributed by atoms with Crippen molar-refractivity contribution in [3.8, 4) is 0 Å². The second kappa shape index (κ2) is 3.57.